The van der Waals surface area contributed by atoms with Gasteiger partial charge in [0.15, 0.2) is 0 Å². The summed E-state index contributed by atoms with van der Waals surface area (Å²) in [5.74, 6) is -0.401. The summed E-state index contributed by atoms with van der Waals surface area (Å²) >= 11 is 0. The molecule has 1 N–H and O–H groups in total. The van der Waals surface area contributed by atoms with Crippen molar-refractivity contribution in [3.05, 3.63) is 71.2 Å². The molecule has 0 aliphatic carbocycles. The number of nitrogens with zero attached hydrogens (tertiary/aromatic N) is 1. The zero-order valence-electron chi connectivity index (χ0n) is 13.3. The Bertz CT molecular complexity index is 867. The minimum absolute atomic E-state index is 0.104. The number of hydrogen-bond donors (Lipinski definition) is 1. The van der Waals surface area contributed by atoms with Crippen molar-refractivity contribution in [3.8, 4) is 0 Å². The molecule has 0 atom stereocenters. The van der Waals surface area contributed by atoms with Gasteiger partial charge in [0.1, 0.15) is 5.82 Å². The second-order valence-electron chi connectivity index (χ2n) is 5.69. The predicted molar refractivity (Wildman–Crippen MR) is 89.6 cm³/mol. The molecule has 0 spiro atoms. The third-order valence-corrected chi connectivity index (χ3v) is 4.30. The van der Waals surface area contributed by atoms with Crippen molar-refractivity contribution in [1.82, 2.24) is 9.88 Å². The maximum absolute atomic E-state index is 13.6. The molecular formula is C19H19FN2O. The van der Waals surface area contributed by atoms with Gasteiger partial charge in [0.05, 0.1) is 6.42 Å². The van der Waals surface area contributed by atoms with Gasteiger partial charge in [-0.05, 0) is 24.6 Å². The maximum atomic E-state index is 13.6. The number of aromatic nitrogens is 1. The second-order valence-corrected chi connectivity index (χ2v) is 5.69. The van der Waals surface area contributed by atoms with Crippen LogP contribution >= 0.6 is 0 Å². The lowest BCUT2D eigenvalue weighted by molar-refractivity contribution is -0.120. The van der Waals surface area contributed by atoms with Crippen molar-refractivity contribution in [1.29, 1.82) is 0 Å². The number of hydrogen-bond acceptors (Lipinski definition) is 1. The lowest BCUT2D eigenvalue weighted by Gasteiger charge is -2.07. The molecule has 1 heterocycles. The van der Waals surface area contributed by atoms with Gasteiger partial charge in [0.25, 0.3) is 0 Å². The topological polar surface area (TPSA) is 34.0 Å². The van der Waals surface area contributed by atoms with E-state index in [-0.39, 0.29) is 18.3 Å². The number of fused-ring (bicyclic) bond motifs is 1. The molecule has 0 saturated heterocycles. The monoisotopic (exact) mass is 310 g/mol. The summed E-state index contributed by atoms with van der Waals surface area (Å²) < 4.78 is 15.7. The molecule has 3 rings (SSSR count). The summed E-state index contributed by atoms with van der Waals surface area (Å²) in [4.78, 5) is 12.3. The van der Waals surface area contributed by atoms with E-state index in [2.05, 4.69) is 9.88 Å². The van der Waals surface area contributed by atoms with Crippen molar-refractivity contribution in [2.75, 3.05) is 0 Å². The Morgan fingerprint density at radius 1 is 1.13 bits per heavy atom. The van der Waals surface area contributed by atoms with Gasteiger partial charge in [0.2, 0.25) is 5.91 Å². The molecule has 118 valence electrons. The van der Waals surface area contributed by atoms with Crippen LogP contribution in [0.4, 0.5) is 4.39 Å². The standard InChI is InChI=1S/C19H19FN2O/c1-13-16(15-8-4-6-10-18(15)22(13)2)11-19(23)21-12-14-7-3-5-9-17(14)20/h3-10H,11-12H2,1-2H3,(H,21,23). The van der Waals surface area contributed by atoms with Crippen LogP contribution in [0, 0.1) is 12.7 Å². The molecule has 0 saturated carbocycles. The highest BCUT2D eigenvalue weighted by atomic mass is 19.1. The normalized spacial score (nSPS) is 10.9. The average molecular weight is 310 g/mol. The third kappa shape index (κ3) is 2.97. The van der Waals surface area contributed by atoms with E-state index in [0.717, 1.165) is 22.2 Å². The molecule has 3 aromatic rings. The van der Waals surface area contributed by atoms with E-state index < -0.39 is 0 Å². The molecule has 2 aromatic carbocycles. The molecule has 0 bridgehead atoms. The fourth-order valence-electron chi connectivity index (χ4n) is 2.88. The Hall–Kier alpha value is -2.62. The molecule has 1 aromatic heterocycles. The third-order valence-electron chi connectivity index (χ3n) is 4.30. The molecule has 1 amide bonds. The summed E-state index contributed by atoms with van der Waals surface area (Å²) in [6, 6.07) is 14.5. The van der Waals surface area contributed by atoms with Gasteiger partial charge < -0.3 is 9.88 Å². The molecule has 4 heteroatoms. The Kier molecular flexibility index (Phi) is 4.15. The quantitative estimate of drug-likeness (QED) is 0.786. The number of carbonyl (C=O) groups is 1. The Balaban J connectivity index is 1.76. The first kappa shape index (κ1) is 15.3. The van der Waals surface area contributed by atoms with Crippen molar-refractivity contribution >= 4 is 16.8 Å². The summed E-state index contributed by atoms with van der Waals surface area (Å²) in [5.41, 5.74) is 3.71. The van der Waals surface area contributed by atoms with E-state index in [9.17, 15) is 9.18 Å². The van der Waals surface area contributed by atoms with Gasteiger partial charge in [-0.2, -0.15) is 0 Å². The summed E-state index contributed by atoms with van der Waals surface area (Å²) in [6.07, 6.45) is 0.293. The highest BCUT2D eigenvalue weighted by Gasteiger charge is 2.14. The Labute approximate surface area is 134 Å². The van der Waals surface area contributed by atoms with Crippen LogP contribution in [0.1, 0.15) is 16.8 Å². The van der Waals surface area contributed by atoms with Gasteiger partial charge in [0, 0.05) is 35.8 Å². The van der Waals surface area contributed by atoms with Gasteiger partial charge in [-0.25, -0.2) is 4.39 Å². The molecular weight excluding hydrogens is 291 g/mol. The Morgan fingerprint density at radius 3 is 2.61 bits per heavy atom. The zero-order valence-corrected chi connectivity index (χ0v) is 13.3. The lowest BCUT2D eigenvalue weighted by Crippen LogP contribution is -2.25. The SMILES string of the molecule is Cc1c(CC(=O)NCc2ccccc2F)c2ccccc2n1C. The maximum Gasteiger partial charge on any atom is 0.224 e. The van der Waals surface area contributed by atoms with Crippen LogP contribution in [0.3, 0.4) is 0 Å². The van der Waals surface area contributed by atoms with E-state index in [4.69, 9.17) is 0 Å². The molecule has 0 radical (unpaired) electrons. The van der Waals surface area contributed by atoms with E-state index in [0.29, 0.717) is 12.0 Å². The molecule has 0 aliphatic heterocycles. The second kappa shape index (κ2) is 6.24. The molecule has 0 aliphatic rings. The fraction of sp³-hybridized carbons (Fsp3) is 0.211. The number of para-hydroxylation sites is 1. The highest BCUT2D eigenvalue weighted by Crippen LogP contribution is 2.25. The first-order valence-electron chi connectivity index (χ1n) is 7.61. The summed E-state index contributed by atoms with van der Waals surface area (Å²) in [6.45, 7) is 2.22. The van der Waals surface area contributed by atoms with E-state index in [1.807, 2.05) is 38.2 Å². The van der Waals surface area contributed by atoms with Crippen LogP contribution in [0.15, 0.2) is 48.5 Å². The van der Waals surface area contributed by atoms with E-state index >= 15 is 0 Å². The predicted octanol–water partition coefficient (Wildman–Crippen LogP) is 3.48. The van der Waals surface area contributed by atoms with Crippen molar-refractivity contribution in [3.63, 3.8) is 0 Å². The largest absolute Gasteiger partial charge is 0.352 e. The lowest BCUT2D eigenvalue weighted by atomic mass is 10.1. The minimum Gasteiger partial charge on any atom is -0.352 e. The van der Waals surface area contributed by atoms with Crippen LogP contribution in [-0.4, -0.2) is 10.5 Å². The minimum atomic E-state index is -0.297. The Morgan fingerprint density at radius 2 is 1.83 bits per heavy atom. The van der Waals surface area contributed by atoms with E-state index in [1.165, 1.54) is 6.07 Å². The van der Waals surface area contributed by atoms with Crippen LogP contribution in [0.25, 0.3) is 10.9 Å². The van der Waals surface area contributed by atoms with Gasteiger partial charge >= 0.3 is 0 Å². The molecule has 3 nitrogen and oxygen atoms in total. The van der Waals surface area contributed by atoms with Crippen molar-refractivity contribution < 1.29 is 9.18 Å². The van der Waals surface area contributed by atoms with Gasteiger partial charge in [-0.1, -0.05) is 36.4 Å². The van der Waals surface area contributed by atoms with Crippen LogP contribution in [0.2, 0.25) is 0 Å². The van der Waals surface area contributed by atoms with Crippen molar-refractivity contribution in [2.45, 2.75) is 19.9 Å². The summed E-state index contributed by atoms with van der Waals surface area (Å²) in [5, 5.41) is 3.89. The number of nitrogens with one attached hydrogen (secondary N) is 1. The number of aryl methyl sites for hydroxylation is 1. The molecule has 0 unspecified atom stereocenters. The van der Waals surface area contributed by atoms with Gasteiger partial charge in [-0.3, -0.25) is 4.79 Å². The van der Waals surface area contributed by atoms with Crippen LogP contribution in [0.5, 0.6) is 0 Å². The number of halogens is 1. The number of carbonyl (C=O) groups excluding carboxylic acids is 1. The number of benzene rings is 2. The number of amides is 1. The van der Waals surface area contributed by atoms with Gasteiger partial charge in [-0.15, -0.1) is 0 Å². The van der Waals surface area contributed by atoms with E-state index in [1.54, 1.807) is 18.2 Å². The van der Waals surface area contributed by atoms with Crippen molar-refractivity contribution in [2.24, 2.45) is 7.05 Å². The smallest absolute Gasteiger partial charge is 0.224 e. The first-order valence-corrected chi connectivity index (χ1v) is 7.61. The molecule has 23 heavy (non-hydrogen) atoms. The first-order chi connectivity index (χ1) is 11.1. The summed E-state index contributed by atoms with van der Waals surface area (Å²) in [7, 11) is 2.00. The van der Waals surface area contributed by atoms with Crippen LogP contribution in [-0.2, 0) is 24.8 Å². The average Bonchev–Trinajstić information content (AvgIpc) is 2.80. The molecule has 0 fully saturated rings. The number of rotatable bonds is 4. The fourth-order valence-corrected chi connectivity index (χ4v) is 2.88. The van der Waals surface area contributed by atoms with Crippen LogP contribution < -0.4 is 5.32 Å². The highest BCUT2D eigenvalue weighted by molar-refractivity contribution is 5.90. The zero-order chi connectivity index (χ0) is 16.4.